The molecule has 0 saturated carbocycles. The highest BCUT2D eigenvalue weighted by Crippen LogP contribution is 2.11. The van der Waals surface area contributed by atoms with Gasteiger partial charge in [0.1, 0.15) is 18.6 Å². The summed E-state index contributed by atoms with van der Waals surface area (Å²) in [5.41, 5.74) is 11.4. The predicted molar refractivity (Wildman–Crippen MR) is 127 cm³/mol. The molecule has 0 aliphatic carbocycles. The van der Waals surface area contributed by atoms with Crippen molar-refractivity contribution in [1.29, 1.82) is 0 Å². The highest BCUT2D eigenvalue weighted by atomic mass is 32.1. The highest BCUT2D eigenvalue weighted by molar-refractivity contribution is 7.80. The maximum Gasteiger partial charge on any atom is 0.328 e. The number of carbonyl (C=O) groups is 4. The van der Waals surface area contributed by atoms with E-state index in [0.717, 1.165) is 10.5 Å². The Morgan fingerprint density at radius 1 is 1.21 bits per heavy atom. The van der Waals surface area contributed by atoms with Gasteiger partial charge in [-0.15, -0.1) is 0 Å². The minimum absolute atomic E-state index is 0.0676. The Morgan fingerprint density at radius 2 is 1.91 bits per heavy atom. The maximum atomic E-state index is 12.4. The van der Waals surface area contributed by atoms with Crippen LogP contribution in [-0.4, -0.2) is 76.6 Å². The van der Waals surface area contributed by atoms with Crippen molar-refractivity contribution in [1.82, 2.24) is 26.2 Å². The van der Waals surface area contributed by atoms with Gasteiger partial charge in [0.25, 0.3) is 5.91 Å². The fourth-order valence-electron chi connectivity index (χ4n) is 3.03. The van der Waals surface area contributed by atoms with E-state index in [4.69, 9.17) is 23.7 Å². The number of aliphatic carboxylic acids is 1. The Hall–Kier alpha value is -3.94. The van der Waals surface area contributed by atoms with Crippen molar-refractivity contribution in [2.75, 3.05) is 19.6 Å². The summed E-state index contributed by atoms with van der Waals surface area (Å²) in [7, 11) is 0. The van der Waals surface area contributed by atoms with Crippen LogP contribution in [-0.2, 0) is 20.9 Å². The molecule has 9 N–H and O–H groups in total. The van der Waals surface area contributed by atoms with Crippen molar-refractivity contribution in [3.8, 4) is 0 Å². The van der Waals surface area contributed by atoms with Gasteiger partial charge >= 0.3 is 12.0 Å². The fraction of sp³-hybridized carbons (Fsp3) is 0.400. The molecule has 0 radical (unpaired) electrons. The van der Waals surface area contributed by atoms with Crippen LogP contribution in [0.5, 0.6) is 0 Å². The number of carboxylic acids is 1. The SMILES string of the molecule is NC(N)=NCCC[C@@H]1NC(=O)N(CC(=O)NCC(NC(=S)NCc2ccccc2)C(=O)O)C1=O. The van der Waals surface area contributed by atoms with Crippen LogP contribution in [0.15, 0.2) is 35.3 Å². The molecule has 0 aromatic heterocycles. The van der Waals surface area contributed by atoms with Crippen LogP contribution in [0.1, 0.15) is 18.4 Å². The maximum absolute atomic E-state index is 12.4. The first kappa shape index (κ1) is 26.3. The Morgan fingerprint density at radius 3 is 2.56 bits per heavy atom. The topological polar surface area (TPSA) is 204 Å². The Bertz CT molecular complexity index is 938. The number of amides is 4. The molecule has 14 heteroatoms. The van der Waals surface area contributed by atoms with Crippen molar-refractivity contribution in [3.05, 3.63) is 35.9 Å². The second-order valence-electron chi connectivity index (χ2n) is 7.38. The van der Waals surface area contributed by atoms with Crippen LogP contribution in [0.3, 0.4) is 0 Å². The van der Waals surface area contributed by atoms with Gasteiger partial charge in [0, 0.05) is 19.6 Å². The van der Waals surface area contributed by atoms with Crippen LogP contribution in [0.4, 0.5) is 4.79 Å². The molecule has 0 spiro atoms. The van der Waals surface area contributed by atoms with Gasteiger partial charge < -0.3 is 37.8 Å². The lowest BCUT2D eigenvalue weighted by Gasteiger charge is -2.19. The first-order chi connectivity index (χ1) is 16.2. The van der Waals surface area contributed by atoms with E-state index in [1.807, 2.05) is 30.3 Å². The van der Waals surface area contributed by atoms with Crippen LogP contribution < -0.4 is 32.7 Å². The summed E-state index contributed by atoms with van der Waals surface area (Å²) < 4.78 is 0. The first-order valence-corrected chi connectivity index (χ1v) is 10.8. The lowest BCUT2D eigenvalue weighted by atomic mass is 10.1. The summed E-state index contributed by atoms with van der Waals surface area (Å²) in [6, 6.07) is 6.67. The average Bonchev–Trinajstić information content (AvgIpc) is 3.06. The third-order valence-corrected chi connectivity index (χ3v) is 5.02. The van der Waals surface area contributed by atoms with Crippen molar-refractivity contribution < 1.29 is 24.3 Å². The summed E-state index contributed by atoms with van der Waals surface area (Å²) in [5, 5.41) is 19.9. The quantitative estimate of drug-likeness (QED) is 0.0573. The van der Waals surface area contributed by atoms with Gasteiger partial charge in [-0.25, -0.2) is 9.59 Å². The molecule has 2 rings (SSSR count). The van der Waals surface area contributed by atoms with Gasteiger partial charge in [0.15, 0.2) is 11.1 Å². The largest absolute Gasteiger partial charge is 0.480 e. The molecule has 1 aromatic carbocycles. The number of nitrogens with zero attached hydrogens (tertiary/aromatic N) is 2. The molecule has 1 heterocycles. The predicted octanol–water partition coefficient (Wildman–Crippen LogP) is -1.81. The molecule has 1 fully saturated rings. The monoisotopic (exact) mass is 492 g/mol. The molecule has 1 aliphatic heterocycles. The molecule has 4 amide bonds. The number of imide groups is 1. The molecule has 13 nitrogen and oxygen atoms in total. The lowest BCUT2D eigenvalue weighted by Crippen LogP contribution is -2.52. The summed E-state index contributed by atoms with van der Waals surface area (Å²) in [6.45, 7) is -0.163. The van der Waals surface area contributed by atoms with E-state index in [1.165, 1.54) is 0 Å². The zero-order chi connectivity index (χ0) is 25.1. The number of urea groups is 1. The zero-order valence-electron chi connectivity index (χ0n) is 18.3. The fourth-order valence-corrected chi connectivity index (χ4v) is 3.24. The van der Waals surface area contributed by atoms with Crippen LogP contribution in [0.2, 0.25) is 0 Å². The molecule has 1 unspecified atom stereocenters. The summed E-state index contributed by atoms with van der Waals surface area (Å²) >= 11 is 5.12. The molecule has 34 heavy (non-hydrogen) atoms. The van der Waals surface area contributed by atoms with Gasteiger partial charge in [-0.2, -0.15) is 0 Å². The number of guanidine groups is 1. The molecular formula is C20H28N8O5S. The molecule has 1 aromatic rings. The molecule has 184 valence electrons. The molecule has 1 saturated heterocycles. The second kappa shape index (κ2) is 12.9. The third-order valence-electron chi connectivity index (χ3n) is 4.76. The Kier molecular flexibility index (Phi) is 10.0. The van der Waals surface area contributed by atoms with Gasteiger partial charge in [0.05, 0.1) is 0 Å². The average molecular weight is 493 g/mol. The molecular weight excluding hydrogens is 464 g/mol. The van der Waals surface area contributed by atoms with Crippen molar-refractivity contribution in [2.45, 2.75) is 31.5 Å². The number of rotatable bonds is 12. The highest BCUT2D eigenvalue weighted by Gasteiger charge is 2.38. The molecule has 2 atom stereocenters. The number of hydrogen-bond acceptors (Lipinski definition) is 6. The number of nitrogens with two attached hydrogens (primary N) is 2. The summed E-state index contributed by atoms with van der Waals surface area (Å²) in [5.74, 6) is -2.55. The summed E-state index contributed by atoms with van der Waals surface area (Å²) in [4.78, 5) is 52.8. The number of carboxylic acid groups (broad SMARTS) is 1. The second-order valence-corrected chi connectivity index (χ2v) is 7.79. The first-order valence-electron chi connectivity index (χ1n) is 10.4. The number of nitrogens with one attached hydrogen (secondary N) is 4. The van der Waals surface area contributed by atoms with E-state index < -0.39 is 42.4 Å². The molecule has 0 bridgehead atoms. The van der Waals surface area contributed by atoms with E-state index >= 15 is 0 Å². The minimum atomic E-state index is -1.24. The van der Waals surface area contributed by atoms with Crippen molar-refractivity contribution >= 4 is 47.1 Å². The van der Waals surface area contributed by atoms with Crippen LogP contribution in [0.25, 0.3) is 0 Å². The Labute approximate surface area is 201 Å². The van der Waals surface area contributed by atoms with Gasteiger partial charge in [-0.1, -0.05) is 30.3 Å². The van der Waals surface area contributed by atoms with E-state index in [-0.39, 0.29) is 17.6 Å². The zero-order valence-corrected chi connectivity index (χ0v) is 19.1. The lowest BCUT2D eigenvalue weighted by molar-refractivity contribution is -0.139. The van der Waals surface area contributed by atoms with E-state index in [1.54, 1.807) is 0 Å². The Balaban J connectivity index is 1.78. The van der Waals surface area contributed by atoms with E-state index in [2.05, 4.69) is 26.3 Å². The van der Waals surface area contributed by atoms with Crippen molar-refractivity contribution in [2.24, 2.45) is 16.5 Å². The minimum Gasteiger partial charge on any atom is -0.480 e. The summed E-state index contributed by atoms with van der Waals surface area (Å²) in [6.07, 6.45) is 0.761. The number of aliphatic imine (C=N–C) groups is 1. The number of hydrogen-bond donors (Lipinski definition) is 7. The van der Waals surface area contributed by atoms with Gasteiger partial charge in [-0.3, -0.25) is 19.5 Å². The van der Waals surface area contributed by atoms with Crippen molar-refractivity contribution in [3.63, 3.8) is 0 Å². The van der Waals surface area contributed by atoms with Gasteiger partial charge in [0.2, 0.25) is 5.91 Å². The van der Waals surface area contributed by atoms with E-state index in [0.29, 0.717) is 25.9 Å². The third kappa shape index (κ3) is 8.54. The number of carbonyl (C=O) groups excluding carboxylic acids is 3. The van der Waals surface area contributed by atoms with Crippen LogP contribution >= 0.6 is 12.2 Å². The van der Waals surface area contributed by atoms with E-state index in [9.17, 15) is 24.3 Å². The normalized spacial score (nSPS) is 15.8. The number of benzene rings is 1. The van der Waals surface area contributed by atoms with Gasteiger partial charge in [-0.05, 0) is 30.6 Å². The smallest absolute Gasteiger partial charge is 0.328 e. The molecule has 1 aliphatic rings. The van der Waals surface area contributed by atoms with Crippen LogP contribution in [0, 0.1) is 0 Å². The standard InChI is InChI=1S/C20H28N8O5S/c21-18(22)23-8-4-7-13-16(30)28(20(33)27-13)11-15(29)24-10-14(17(31)32)26-19(34)25-9-12-5-2-1-3-6-12/h1-3,5-6,13-14H,4,7-11H2,(H,24,29)(H,27,33)(H,31,32)(H4,21,22,23)(H2,25,26,34)/t13-,14?/m0/s1. The number of thiocarbonyl (C=S) groups is 1.